The summed E-state index contributed by atoms with van der Waals surface area (Å²) in [7, 11) is 0. The van der Waals surface area contributed by atoms with Crippen LogP contribution in [0, 0.1) is 0 Å². The molecule has 1 aliphatic rings. The van der Waals surface area contributed by atoms with Gasteiger partial charge in [0.05, 0.1) is 17.8 Å². The van der Waals surface area contributed by atoms with Crippen molar-refractivity contribution in [1.29, 1.82) is 0 Å². The number of carboxylic acids is 1. The highest BCUT2D eigenvalue weighted by Gasteiger charge is 2.32. The number of hydrogen-bond acceptors (Lipinski definition) is 3. The zero-order valence-corrected chi connectivity index (χ0v) is 11.6. The lowest BCUT2D eigenvalue weighted by molar-refractivity contribution is -0.143. The van der Waals surface area contributed by atoms with Crippen molar-refractivity contribution in [2.45, 2.75) is 31.8 Å². The summed E-state index contributed by atoms with van der Waals surface area (Å²) in [6.45, 7) is 3.51. The number of carbonyl (C=O) groups is 1. The third-order valence-electron chi connectivity index (χ3n) is 4.16. The maximum Gasteiger partial charge on any atom is 0.320 e. The van der Waals surface area contributed by atoms with Crippen LogP contribution < -0.4 is 0 Å². The maximum atomic E-state index is 11.3. The average molecular weight is 273 g/mol. The van der Waals surface area contributed by atoms with Crippen LogP contribution in [0.3, 0.4) is 0 Å². The zero-order valence-electron chi connectivity index (χ0n) is 11.6. The van der Waals surface area contributed by atoms with Gasteiger partial charge in [-0.2, -0.15) is 5.10 Å². The van der Waals surface area contributed by atoms with Gasteiger partial charge >= 0.3 is 5.97 Å². The first kappa shape index (κ1) is 13.1. The third kappa shape index (κ3) is 2.18. The second-order valence-corrected chi connectivity index (χ2v) is 5.35. The van der Waals surface area contributed by atoms with E-state index in [1.165, 1.54) is 0 Å². The second-order valence-electron chi connectivity index (χ2n) is 5.35. The largest absolute Gasteiger partial charge is 0.480 e. The first-order valence-corrected chi connectivity index (χ1v) is 7.09. The molecule has 1 aromatic heterocycles. The molecule has 0 radical (unpaired) electrons. The lowest BCUT2D eigenvalue weighted by Gasteiger charge is -2.23. The quantitative estimate of drug-likeness (QED) is 0.927. The predicted molar refractivity (Wildman–Crippen MR) is 76.7 cm³/mol. The van der Waals surface area contributed by atoms with Crippen LogP contribution in [0.1, 0.15) is 25.8 Å². The van der Waals surface area contributed by atoms with E-state index in [1.54, 1.807) is 0 Å². The van der Waals surface area contributed by atoms with Crippen LogP contribution in [0.5, 0.6) is 0 Å². The molecule has 1 N–H and O–H groups in total. The molecule has 1 aliphatic heterocycles. The highest BCUT2D eigenvalue weighted by molar-refractivity contribution is 5.78. The second kappa shape index (κ2) is 5.25. The molecule has 1 fully saturated rings. The van der Waals surface area contributed by atoms with Gasteiger partial charge in [0.1, 0.15) is 6.04 Å². The van der Waals surface area contributed by atoms with Crippen molar-refractivity contribution in [3.8, 4) is 0 Å². The number of aliphatic carboxylic acids is 1. The van der Waals surface area contributed by atoms with Gasteiger partial charge < -0.3 is 5.11 Å². The Morgan fingerprint density at radius 3 is 3.05 bits per heavy atom. The van der Waals surface area contributed by atoms with Gasteiger partial charge in [-0.05, 0) is 18.9 Å². The smallest absolute Gasteiger partial charge is 0.320 e. The van der Waals surface area contributed by atoms with Crippen LogP contribution in [0.25, 0.3) is 10.9 Å². The van der Waals surface area contributed by atoms with Crippen molar-refractivity contribution < 1.29 is 9.90 Å². The Labute approximate surface area is 117 Å². The van der Waals surface area contributed by atoms with Gasteiger partial charge in [0.25, 0.3) is 0 Å². The number of likely N-dealkylation sites (tertiary alicyclic amines) is 1. The molecular formula is C15H19N3O2. The molecular weight excluding hydrogens is 254 g/mol. The Kier molecular flexibility index (Phi) is 3.44. The minimum Gasteiger partial charge on any atom is -0.480 e. The van der Waals surface area contributed by atoms with Crippen molar-refractivity contribution in [3.05, 3.63) is 30.5 Å². The van der Waals surface area contributed by atoms with Crippen LogP contribution >= 0.6 is 0 Å². The van der Waals surface area contributed by atoms with E-state index in [4.69, 9.17) is 0 Å². The monoisotopic (exact) mass is 273 g/mol. The van der Waals surface area contributed by atoms with Gasteiger partial charge in [0, 0.05) is 18.5 Å². The zero-order chi connectivity index (χ0) is 14.1. The van der Waals surface area contributed by atoms with Crippen molar-refractivity contribution in [2.24, 2.45) is 0 Å². The minimum absolute atomic E-state index is 0.267. The highest BCUT2D eigenvalue weighted by Crippen LogP contribution is 2.27. The molecule has 1 saturated heterocycles. The van der Waals surface area contributed by atoms with Crippen LogP contribution in [0.2, 0.25) is 0 Å². The Morgan fingerprint density at radius 1 is 1.50 bits per heavy atom. The molecule has 0 spiro atoms. The normalized spacial score (nSPS) is 21.4. The summed E-state index contributed by atoms with van der Waals surface area (Å²) < 4.78 is 2.05. The molecule has 2 heterocycles. The Bertz CT molecular complexity index is 622. The fourth-order valence-corrected chi connectivity index (χ4v) is 3.12. The summed E-state index contributed by atoms with van der Waals surface area (Å²) in [5.74, 6) is -0.724. The lowest BCUT2D eigenvalue weighted by atomic mass is 10.2. The number of nitrogens with zero attached hydrogens (tertiary/aromatic N) is 3. The van der Waals surface area contributed by atoms with Gasteiger partial charge in [0.15, 0.2) is 0 Å². The van der Waals surface area contributed by atoms with E-state index in [9.17, 15) is 9.90 Å². The van der Waals surface area contributed by atoms with Crippen LogP contribution in [-0.4, -0.2) is 44.9 Å². The number of rotatable bonds is 4. The molecule has 0 saturated carbocycles. The topological polar surface area (TPSA) is 58.4 Å². The first-order valence-electron chi connectivity index (χ1n) is 7.09. The summed E-state index contributed by atoms with van der Waals surface area (Å²) in [4.78, 5) is 13.3. The third-order valence-corrected chi connectivity index (χ3v) is 4.16. The number of para-hydroxylation sites is 1. The van der Waals surface area contributed by atoms with E-state index < -0.39 is 5.97 Å². The Hall–Kier alpha value is -1.88. The molecule has 0 bridgehead atoms. The van der Waals surface area contributed by atoms with Gasteiger partial charge in [-0.25, -0.2) is 0 Å². The van der Waals surface area contributed by atoms with E-state index in [2.05, 4.69) is 22.1 Å². The van der Waals surface area contributed by atoms with Crippen LogP contribution in [0.15, 0.2) is 30.5 Å². The summed E-state index contributed by atoms with van der Waals surface area (Å²) in [5, 5.41) is 14.9. The number of aromatic nitrogens is 2. The maximum absolute atomic E-state index is 11.3. The Morgan fingerprint density at radius 2 is 2.30 bits per heavy atom. The molecule has 20 heavy (non-hydrogen) atoms. The number of fused-ring (bicyclic) bond motifs is 1. The molecule has 2 aromatic rings. The lowest BCUT2D eigenvalue weighted by Crippen LogP contribution is -2.39. The van der Waals surface area contributed by atoms with Gasteiger partial charge in [0.2, 0.25) is 0 Å². The highest BCUT2D eigenvalue weighted by atomic mass is 16.4. The van der Waals surface area contributed by atoms with E-state index in [1.807, 2.05) is 29.9 Å². The van der Waals surface area contributed by atoms with E-state index >= 15 is 0 Å². The molecule has 2 atom stereocenters. The molecule has 5 heteroatoms. The van der Waals surface area contributed by atoms with E-state index in [-0.39, 0.29) is 12.1 Å². The van der Waals surface area contributed by atoms with E-state index in [0.717, 1.165) is 30.4 Å². The van der Waals surface area contributed by atoms with Gasteiger partial charge in [-0.1, -0.05) is 25.1 Å². The van der Waals surface area contributed by atoms with Gasteiger partial charge in [-0.15, -0.1) is 0 Å². The summed E-state index contributed by atoms with van der Waals surface area (Å²) in [6, 6.07) is 8.04. The summed E-state index contributed by atoms with van der Waals surface area (Å²) in [6.07, 6.45) is 3.48. The fourth-order valence-electron chi connectivity index (χ4n) is 3.12. The number of benzene rings is 1. The molecule has 2 unspecified atom stereocenters. The van der Waals surface area contributed by atoms with E-state index in [0.29, 0.717) is 6.42 Å². The van der Waals surface area contributed by atoms with Crippen LogP contribution in [0.4, 0.5) is 0 Å². The molecule has 106 valence electrons. The standard InChI is InChI=1S/C15H19N3O2/c1-2-13(15(19)20)17-8-7-12(10-17)18-14-6-4-3-5-11(14)9-16-18/h3-6,9,12-13H,2,7-8,10H2,1H3,(H,19,20). The summed E-state index contributed by atoms with van der Waals surface area (Å²) >= 11 is 0. The molecule has 1 aromatic carbocycles. The predicted octanol–water partition coefficient (Wildman–Crippen LogP) is 2.15. The minimum atomic E-state index is -0.724. The number of carboxylic acid groups (broad SMARTS) is 1. The van der Waals surface area contributed by atoms with Crippen LogP contribution in [-0.2, 0) is 4.79 Å². The molecule has 0 amide bonds. The summed E-state index contributed by atoms with van der Waals surface area (Å²) in [5.41, 5.74) is 1.13. The molecule has 3 rings (SSSR count). The SMILES string of the molecule is CCC(C(=O)O)N1CCC(n2ncc3ccccc32)C1. The van der Waals surface area contributed by atoms with Crippen molar-refractivity contribution in [1.82, 2.24) is 14.7 Å². The van der Waals surface area contributed by atoms with Crippen molar-refractivity contribution in [2.75, 3.05) is 13.1 Å². The first-order chi connectivity index (χ1) is 9.70. The fraction of sp³-hybridized carbons (Fsp3) is 0.467. The average Bonchev–Trinajstić information content (AvgIpc) is 3.05. The van der Waals surface area contributed by atoms with Gasteiger partial charge in [-0.3, -0.25) is 14.4 Å². The molecule has 0 aliphatic carbocycles. The van der Waals surface area contributed by atoms with Crippen molar-refractivity contribution >= 4 is 16.9 Å². The number of hydrogen-bond donors (Lipinski definition) is 1. The van der Waals surface area contributed by atoms with Crippen molar-refractivity contribution in [3.63, 3.8) is 0 Å². The molecule has 5 nitrogen and oxygen atoms in total. The Balaban J connectivity index is 1.82.